The molecule has 0 amide bonds. The second-order valence-corrected chi connectivity index (χ2v) is 2.19. The maximum atomic E-state index is 10.4. The van der Waals surface area contributed by atoms with Crippen LogP contribution < -0.4 is 0 Å². The van der Waals surface area contributed by atoms with Crippen molar-refractivity contribution in [2.75, 3.05) is 0 Å². The molecule has 0 aliphatic carbocycles. The summed E-state index contributed by atoms with van der Waals surface area (Å²) in [4.78, 5) is 20.8. The Labute approximate surface area is 166 Å². The van der Waals surface area contributed by atoms with Crippen molar-refractivity contribution in [1.82, 2.24) is 0 Å². The van der Waals surface area contributed by atoms with Crippen LogP contribution in [0.4, 0.5) is 0 Å². The summed E-state index contributed by atoms with van der Waals surface area (Å²) in [6, 6.07) is 5.20. The molecule has 2 radical (unpaired) electrons. The van der Waals surface area contributed by atoms with Gasteiger partial charge in [0.15, 0.2) is 0 Å². The molecule has 64 valence electrons. The van der Waals surface area contributed by atoms with Gasteiger partial charge < -0.3 is 10.2 Å². The van der Waals surface area contributed by atoms with Crippen molar-refractivity contribution in [3.63, 3.8) is 0 Å². The number of benzene rings is 1. The van der Waals surface area contributed by atoms with Crippen LogP contribution in [0.5, 0.6) is 0 Å². The van der Waals surface area contributed by atoms with Crippen LogP contribution in [0.15, 0.2) is 24.3 Å². The number of rotatable bonds is 2. The maximum Gasteiger partial charge on any atom is 0.335 e. The van der Waals surface area contributed by atoms with Gasteiger partial charge in [-0.05, 0) is 18.2 Å². The van der Waals surface area contributed by atoms with Crippen molar-refractivity contribution < 1.29 is 19.8 Å². The predicted octanol–water partition coefficient (Wildman–Crippen LogP) is 0.321. The van der Waals surface area contributed by atoms with E-state index in [4.69, 9.17) is 10.2 Å². The Morgan fingerprint density at radius 1 is 0.929 bits per heavy atom. The third kappa shape index (κ3) is 5.50. The summed E-state index contributed by atoms with van der Waals surface area (Å²) in [6.45, 7) is 0. The maximum absolute atomic E-state index is 10.4. The number of hydrogen-bond donors (Lipinski definition) is 2. The molecule has 1 rings (SSSR count). The molecule has 0 atom stereocenters. The first kappa shape index (κ1) is 17.8. The average Bonchev–Trinajstić information content (AvgIpc) is 2.04. The topological polar surface area (TPSA) is 74.6 Å². The molecule has 14 heavy (non-hydrogen) atoms. The van der Waals surface area contributed by atoms with Crippen LogP contribution >= 0.6 is 0 Å². The molecule has 4 nitrogen and oxygen atoms in total. The average molecular weight is 244 g/mol. The van der Waals surface area contributed by atoms with E-state index in [2.05, 4.69) is 0 Å². The van der Waals surface area contributed by atoms with Crippen LogP contribution in [0.25, 0.3) is 0 Å². The van der Waals surface area contributed by atoms with E-state index in [1.807, 2.05) is 0 Å². The normalized spacial score (nSPS) is 8.00. The summed E-state index contributed by atoms with van der Waals surface area (Å²) in [5.41, 5.74) is -0.0372. The number of carboxylic acids is 2. The SMILES string of the molecule is O=C(O)c1cccc(C(=O)O)c1.[K].[K]. The van der Waals surface area contributed by atoms with E-state index in [0.717, 1.165) is 6.07 Å². The fourth-order valence-electron chi connectivity index (χ4n) is 0.785. The van der Waals surface area contributed by atoms with E-state index in [9.17, 15) is 9.59 Å². The first-order valence-electron chi connectivity index (χ1n) is 3.18. The molecule has 1 aromatic carbocycles. The van der Waals surface area contributed by atoms with Gasteiger partial charge in [0.1, 0.15) is 0 Å². The summed E-state index contributed by atoms with van der Waals surface area (Å²) >= 11 is 0. The molecule has 0 bridgehead atoms. The summed E-state index contributed by atoms with van der Waals surface area (Å²) in [7, 11) is 0. The molecule has 6 heteroatoms. The first-order valence-corrected chi connectivity index (χ1v) is 3.18. The van der Waals surface area contributed by atoms with Crippen LogP contribution in [0.3, 0.4) is 0 Å². The summed E-state index contributed by atoms with van der Waals surface area (Å²) in [5.74, 6) is -2.25. The zero-order chi connectivity index (χ0) is 9.14. The summed E-state index contributed by atoms with van der Waals surface area (Å²) < 4.78 is 0. The van der Waals surface area contributed by atoms with Crippen molar-refractivity contribution >= 4 is 115 Å². The van der Waals surface area contributed by atoms with Gasteiger partial charge in [0, 0.05) is 103 Å². The van der Waals surface area contributed by atoms with Gasteiger partial charge >= 0.3 is 11.9 Å². The second-order valence-electron chi connectivity index (χ2n) is 2.19. The van der Waals surface area contributed by atoms with Gasteiger partial charge in [0.25, 0.3) is 0 Å². The minimum absolute atomic E-state index is 0. The predicted molar refractivity (Wildman–Crippen MR) is 51.9 cm³/mol. The van der Waals surface area contributed by atoms with E-state index in [0.29, 0.717) is 0 Å². The molecular formula is C8H6K2O4. The minimum atomic E-state index is -1.13. The molecule has 0 saturated carbocycles. The molecule has 0 saturated heterocycles. The Balaban J connectivity index is 0. The molecule has 0 aromatic heterocycles. The number of carbonyl (C=O) groups is 2. The van der Waals surface area contributed by atoms with Crippen LogP contribution in [0.1, 0.15) is 20.7 Å². The van der Waals surface area contributed by atoms with Crippen molar-refractivity contribution in [3.8, 4) is 0 Å². The summed E-state index contributed by atoms with van der Waals surface area (Å²) in [6.07, 6.45) is 0. The molecule has 2 N–H and O–H groups in total. The molecule has 0 aliphatic heterocycles. The van der Waals surface area contributed by atoms with Crippen LogP contribution in [0, 0.1) is 0 Å². The number of carboxylic acid groups (broad SMARTS) is 2. The van der Waals surface area contributed by atoms with Gasteiger partial charge in [0.05, 0.1) is 11.1 Å². The van der Waals surface area contributed by atoms with Crippen LogP contribution in [-0.2, 0) is 0 Å². The molecular weight excluding hydrogens is 238 g/mol. The van der Waals surface area contributed by atoms with Gasteiger partial charge in [-0.2, -0.15) is 0 Å². The molecule has 0 spiro atoms. The fourth-order valence-corrected chi connectivity index (χ4v) is 0.785. The van der Waals surface area contributed by atoms with E-state index in [-0.39, 0.29) is 114 Å². The van der Waals surface area contributed by atoms with Crippen molar-refractivity contribution in [1.29, 1.82) is 0 Å². The minimum Gasteiger partial charge on any atom is -0.478 e. The quantitative estimate of drug-likeness (QED) is 0.735. The molecule has 1 aromatic rings. The largest absolute Gasteiger partial charge is 0.478 e. The molecule has 0 aliphatic rings. The van der Waals surface area contributed by atoms with Gasteiger partial charge in [-0.3, -0.25) is 0 Å². The fraction of sp³-hybridized carbons (Fsp3) is 0. The van der Waals surface area contributed by atoms with Gasteiger partial charge in [-0.25, -0.2) is 9.59 Å². The zero-order valence-electron chi connectivity index (χ0n) is 8.02. The third-order valence-electron chi connectivity index (χ3n) is 1.36. The third-order valence-corrected chi connectivity index (χ3v) is 1.36. The van der Waals surface area contributed by atoms with E-state index >= 15 is 0 Å². The monoisotopic (exact) mass is 244 g/mol. The molecule has 0 heterocycles. The van der Waals surface area contributed by atoms with Gasteiger partial charge in [-0.15, -0.1) is 0 Å². The molecule has 0 unspecified atom stereocenters. The van der Waals surface area contributed by atoms with E-state index in [1.165, 1.54) is 18.2 Å². The Morgan fingerprint density at radius 2 is 1.29 bits per heavy atom. The standard InChI is InChI=1S/C8H6O4.2K/c9-7(10)5-2-1-3-6(4-5)8(11)12;;/h1-4H,(H,9,10)(H,11,12);;. The second kappa shape index (κ2) is 8.57. The Morgan fingerprint density at radius 3 is 1.57 bits per heavy atom. The van der Waals surface area contributed by atoms with E-state index in [1.54, 1.807) is 0 Å². The zero-order valence-corrected chi connectivity index (χ0v) is 14.3. The molecule has 0 fully saturated rings. The van der Waals surface area contributed by atoms with E-state index < -0.39 is 11.9 Å². The Kier molecular flexibility index (Phi) is 10.9. The smallest absolute Gasteiger partial charge is 0.335 e. The number of aromatic carboxylic acids is 2. The first-order chi connectivity index (χ1) is 5.61. The van der Waals surface area contributed by atoms with Crippen LogP contribution in [-0.4, -0.2) is 125 Å². The van der Waals surface area contributed by atoms with Crippen molar-refractivity contribution in [2.45, 2.75) is 0 Å². The van der Waals surface area contributed by atoms with Gasteiger partial charge in [0.2, 0.25) is 0 Å². The van der Waals surface area contributed by atoms with Crippen molar-refractivity contribution in [3.05, 3.63) is 35.4 Å². The number of hydrogen-bond acceptors (Lipinski definition) is 2. The van der Waals surface area contributed by atoms with Crippen molar-refractivity contribution in [2.24, 2.45) is 0 Å². The van der Waals surface area contributed by atoms with Gasteiger partial charge in [-0.1, -0.05) is 6.07 Å². The Hall–Kier alpha value is 1.43. The Bertz CT molecular complexity index is 309. The van der Waals surface area contributed by atoms with Crippen LogP contribution in [0.2, 0.25) is 0 Å². The summed E-state index contributed by atoms with van der Waals surface area (Å²) in [5, 5.41) is 17.0.